The summed E-state index contributed by atoms with van der Waals surface area (Å²) in [5.74, 6) is -1.14. The van der Waals surface area contributed by atoms with Crippen LogP contribution in [0.3, 0.4) is 0 Å². The van der Waals surface area contributed by atoms with Crippen LogP contribution in [0.5, 0.6) is 0 Å². The van der Waals surface area contributed by atoms with E-state index in [1.54, 1.807) is 24.3 Å². The second kappa shape index (κ2) is 5.07. The van der Waals surface area contributed by atoms with Gasteiger partial charge in [0.15, 0.2) is 11.6 Å². The van der Waals surface area contributed by atoms with Crippen LogP contribution in [0, 0.1) is 5.82 Å². The number of allylic oxidation sites excluding steroid dienone is 1. The minimum absolute atomic E-state index is 0.00491. The number of carbonyl (C=O) groups excluding carboxylic acids is 2. The summed E-state index contributed by atoms with van der Waals surface area (Å²) in [6, 6.07) is 11.6. The monoisotopic (exact) mass is 282 g/mol. The minimum atomic E-state index is -1.25. The zero-order valence-electron chi connectivity index (χ0n) is 10.9. The highest BCUT2D eigenvalue weighted by molar-refractivity contribution is 6.24. The van der Waals surface area contributed by atoms with Gasteiger partial charge in [0.2, 0.25) is 0 Å². The van der Waals surface area contributed by atoms with Crippen molar-refractivity contribution >= 4 is 11.6 Å². The van der Waals surface area contributed by atoms with E-state index in [9.17, 15) is 19.1 Å². The van der Waals surface area contributed by atoms with Crippen molar-refractivity contribution in [2.45, 2.75) is 6.10 Å². The molecule has 0 heterocycles. The molecule has 2 aromatic carbocycles. The molecule has 4 heteroatoms. The van der Waals surface area contributed by atoms with Gasteiger partial charge in [0.05, 0.1) is 0 Å². The number of aliphatic hydroxyl groups excluding tert-OH is 1. The average molecular weight is 282 g/mol. The van der Waals surface area contributed by atoms with Gasteiger partial charge in [-0.25, -0.2) is 4.39 Å². The molecule has 3 rings (SSSR count). The van der Waals surface area contributed by atoms with Crippen LogP contribution in [0.2, 0.25) is 0 Å². The molecule has 2 aromatic rings. The van der Waals surface area contributed by atoms with Crippen LogP contribution < -0.4 is 0 Å². The molecule has 0 fully saturated rings. The molecule has 0 spiro atoms. The Labute approximate surface area is 120 Å². The highest BCUT2D eigenvalue weighted by Gasteiger charge is 2.29. The highest BCUT2D eigenvalue weighted by Crippen LogP contribution is 2.30. The Morgan fingerprint density at radius 3 is 2.19 bits per heavy atom. The highest BCUT2D eigenvalue weighted by atomic mass is 19.1. The lowest BCUT2D eigenvalue weighted by molar-refractivity contribution is 0.0947. The molecule has 1 N–H and O–H groups in total. The van der Waals surface area contributed by atoms with Crippen LogP contribution in [0.25, 0.3) is 0 Å². The van der Waals surface area contributed by atoms with Crippen LogP contribution >= 0.6 is 0 Å². The third-order valence-electron chi connectivity index (χ3n) is 3.47. The van der Waals surface area contributed by atoms with Gasteiger partial charge >= 0.3 is 0 Å². The molecule has 0 radical (unpaired) electrons. The van der Waals surface area contributed by atoms with Gasteiger partial charge in [0.25, 0.3) is 0 Å². The average Bonchev–Trinajstić information content (AvgIpc) is 2.51. The quantitative estimate of drug-likeness (QED) is 0.921. The normalized spacial score (nSPS) is 15.4. The minimum Gasteiger partial charge on any atom is -0.384 e. The third kappa shape index (κ3) is 2.30. The molecule has 1 atom stereocenters. The van der Waals surface area contributed by atoms with Gasteiger partial charge in [-0.2, -0.15) is 0 Å². The largest absolute Gasteiger partial charge is 0.384 e. The summed E-state index contributed by atoms with van der Waals surface area (Å²) < 4.78 is 12.9. The van der Waals surface area contributed by atoms with Crippen LogP contribution in [-0.4, -0.2) is 16.7 Å². The number of hydrogen-bond donors (Lipinski definition) is 1. The first-order valence-electron chi connectivity index (χ1n) is 6.41. The topological polar surface area (TPSA) is 54.4 Å². The van der Waals surface area contributed by atoms with Crippen LogP contribution in [0.4, 0.5) is 4.39 Å². The third-order valence-corrected chi connectivity index (χ3v) is 3.47. The first-order valence-corrected chi connectivity index (χ1v) is 6.41. The van der Waals surface area contributed by atoms with Gasteiger partial charge in [-0.3, -0.25) is 9.59 Å². The second-order valence-corrected chi connectivity index (χ2v) is 4.79. The molecular weight excluding hydrogens is 271 g/mol. The van der Waals surface area contributed by atoms with Gasteiger partial charge in [-0.1, -0.05) is 36.4 Å². The number of ketones is 2. The van der Waals surface area contributed by atoms with Crippen LogP contribution in [-0.2, 0) is 0 Å². The maximum atomic E-state index is 12.9. The maximum absolute atomic E-state index is 12.9. The number of rotatable bonds is 2. The summed E-state index contributed by atoms with van der Waals surface area (Å²) in [5, 5.41) is 10.3. The molecule has 21 heavy (non-hydrogen) atoms. The van der Waals surface area contributed by atoms with Crippen molar-refractivity contribution in [3.05, 3.63) is 82.7 Å². The Balaban J connectivity index is 2.02. The Morgan fingerprint density at radius 2 is 1.52 bits per heavy atom. The fraction of sp³-hybridized carbons (Fsp3) is 0.0588. The molecule has 1 aliphatic carbocycles. The number of carbonyl (C=O) groups is 2. The predicted octanol–water partition coefficient (Wildman–Crippen LogP) is 2.86. The smallest absolute Gasteiger partial charge is 0.192 e. The van der Waals surface area contributed by atoms with Gasteiger partial charge in [0, 0.05) is 16.7 Å². The first-order chi connectivity index (χ1) is 10.1. The van der Waals surface area contributed by atoms with E-state index in [1.165, 1.54) is 24.3 Å². The van der Waals surface area contributed by atoms with Gasteiger partial charge in [0.1, 0.15) is 11.9 Å². The van der Waals surface area contributed by atoms with E-state index in [0.717, 1.165) is 6.08 Å². The molecule has 0 saturated heterocycles. The number of fused-ring (bicyclic) bond motifs is 1. The summed E-state index contributed by atoms with van der Waals surface area (Å²) in [4.78, 5) is 24.4. The lowest BCUT2D eigenvalue weighted by atomic mass is 9.85. The lowest BCUT2D eigenvalue weighted by Crippen LogP contribution is -2.21. The molecule has 0 saturated carbocycles. The molecule has 3 nitrogen and oxygen atoms in total. The summed E-state index contributed by atoms with van der Waals surface area (Å²) in [7, 11) is 0. The summed E-state index contributed by atoms with van der Waals surface area (Å²) in [5.41, 5.74) is 0.979. The van der Waals surface area contributed by atoms with E-state index in [4.69, 9.17) is 0 Å². The van der Waals surface area contributed by atoms with E-state index in [0.29, 0.717) is 11.1 Å². The zero-order chi connectivity index (χ0) is 15.0. The number of aliphatic hydroxyl groups is 1. The SMILES string of the molecule is O=C1C=C(C(O)c2ccc(F)cc2)C(=O)c2ccccc21. The molecule has 0 aromatic heterocycles. The molecular formula is C17H11FO3. The van der Waals surface area contributed by atoms with Crippen molar-refractivity contribution in [3.8, 4) is 0 Å². The maximum Gasteiger partial charge on any atom is 0.192 e. The van der Waals surface area contributed by atoms with Gasteiger partial charge in [-0.15, -0.1) is 0 Å². The molecule has 1 unspecified atom stereocenters. The van der Waals surface area contributed by atoms with E-state index >= 15 is 0 Å². The number of hydrogen-bond acceptors (Lipinski definition) is 3. The van der Waals surface area contributed by atoms with Crippen LogP contribution in [0.1, 0.15) is 32.4 Å². The Morgan fingerprint density at radius 1 is 0.905 bits per heavy atom. The number of halogens is 1. The van der Waals surface area contributed by atoms with Crippen molar-refractivity contribution < 1.29 is 19.1 Å². The molecule has 0 bridgehead atoms. The summed E-state index contributed by atoms with van der Waals surface area (Å²) >= 11 is 0. The van der Waals surface area contributed by atoms with Crippen LogP contribution in [0.15, 0.2) is 60.2 Å². The van der Waals surface area contributed by atoms with Crippen molar-refractivity contribution in [2.24, 2.45) is 0 Å². The zero-order valence-corrected chi connectivity index (χ0v) is 10.9. The predicted molar refractivity (Wildman–Crippen MR) is 74.5 cm³/mol. The first kappa shape index (κ1) is 13.4. The molecule has 104 valence electrons. The van der Waals surface area contributed by atoms with Crippen molar-refractivity contribution in [1.29, 1.82) is 0 Å². The van der Waals surface area contributed by atoms with E-state index in [-0.39, 0.29) is 22.7 Å². The Kier molecular flexibility index (Phi) is 3.23. The Hall–Kier alpha value is -2.59. The van der Waals surface area contributed by atoms with Crippen molar-refractivity contribution in [2.75, 3.05) is 0 Å². The summed E-state index contributed by atoms with van der Waals surface area (Å²) in [6.45, 7) is 0. The van der Waals surface area contributed by atoms with E-state index in [2.05, 4.69) is 0 Å². The molecule has 0 aliphatic heterocycles. The molecule has 1 aliphatic rings. The second-order valence-electron chi connectivity index (χ2n) is 4.79. The van der Waals surface area contributed by atoms with Gasteiger partial charge < -0.3 is 5.11 Å². The fourth-order valence-corrected chi connectivity index (χ4v) is 2.36. The number of benzene rings is 2. The van der Waals surface area contributed by atoms with Gasteiger partial charge in [-0.05, 0) is 23.8 Å². The Bertz CT molecular complexity index is 760. The van der Waals surface area contributed by atoms with E-state index < -0.39 is 11.9 Å². The van der Waals surface area contributed by atoms with Crippen molar-refractivity contribution in [1.82, 2.24) is 0 Å². The number of Topliss-reactive ketones (excluding diaryl/α,β-unsaturated/α-hetero) is 1. The lowest BCUT2D eigenvalue weighted by Gasteiger charge is -2.19. The van der Waals surface area contributed by atoms with Crippen molar-refractivity contribution in [3.63, 3.8) is 0 Å². The standard InChI is InChI=1S/C17H11FO3/c18-11-7-5-10(6-8-11)16(20)14-9-15(19)12-3-1-2-4-13(12)17(14)21/h1-9,16,20H. The van der Waals surface area contributed by atoms with E-state index in [1.807, 2.05) is 0 Å². The molecule has 0 amide bonds. The fourth-order valence-electron chi connectivity index (χ4n) is 2.36. The summed E-state index contributed by atoms with van der Waals surface area (Å²) in [6.07, 6.45) is -0.103.